The Hall–Kier alpha value is -0.610. The topological polar surface area (TPSA) is 29.1 Å². The van der Waals surface area contributed by atoms with Crippen LogP contribution in [0, 0.1) is 5.92 Å². The van der Waals surface area contributed by atoms with Crippen LogP contribution in [0.5, 0.6) is 0 Å². The Morgan fingerprint density at radius 2 is 2.17 bits per heavy atom. The molecule has 4 heteroatoms. The number of amides is 1. The summed E-state index contributed by atoms with van der Waals surface area (Å²) in [5.41, 5.74) is 0. The maximum absolute atomic E-state index is 11.8. The number of nitrogens with one attached hydrogen (secondary N) is 1. The van der Waals surface area contributed by atoms with Gasteiger partial charge in [0.2, 0.25) is 0 Å². The summed E-state index contributed by atoms with van der Waals surface area (Å²) in [5, 5.41) is 3.10. The van der Waals surface area contributed by atoms with Crippen molar-refractivity contribution >= 4 is 28.8 Å². The summed E-state index contributed by atoms with van der Waals surface area (Å²) >= 11 is 3.14. The van der Waals surface area contributed by atoms with E-state index in [2.05, 4.69) is 31.3 Å². The molecule has 2 rings (SSSR count). The Kier molecular flexibility index (Phi) is 5.01. The third-order valence-corrected chi connectivity index (χ3v) is 4.89. The zero-order valence-corrected chi connectivity index (χ0v) is 12.4. The zero-order chi connectivity index (χ0) is 13.0. The Morgan fingerprint density at radius 1 is 1.44 bits per heavy atom. The second-order valence-corrected chi connectivity index (χ2v) is 6.89. The molecule has 0 aromatic heterocycles. The van der Waals surface area contributed by atoms with E-state index >= 15 is 0 Å². The second-order valence-electron chi connectivity index (χ2n) is 4.68. The molecular formula is C14H19NOS2. The molecule has 1 aliphatic carbocycles. The molecular weight excluding hydrogens is 262 g/mol. The van der Waals surface area contributed by atoms with Gasteiger partial charge in [0.05, 0.1) is 0 Å². The average molecular weight is 281 g/mol. The molecule has 1 aromatic carbocycles. The molecule has 0 heterocycles. The molecule has 2 nitrogen and oxygen atoms in total. The molecule has 0 radical (unpaired) electrons. The maximum Gasteiger partial charge on any atom is 0.284 e. The lowest BCUT2D eigenvalue weighted by Gasteiger charge is -2.05. The summed E-state index contributed by atoms with van der Waals surface area (Å²) in [7, 11) is 0. The van der Waals surface area contributed by atoms with E-state index in [4.69, 9.17) is 0 Å². The fourth-order valence-corrected chi connectivity index (χ4v) is 3.31. The highest BCUT2D eigenvalue weighted by atomic mass is 32.2. The monoisotopic (exact) mass is 281 g/mol. The predicted molar refractivity (Wildman–Crippen MR) is 79.4 cm³/mol. The highest BCUT2D eigenvalue weighted by molar-refractivity contribution is 8.13. The second kappa shape index (κ2) is 6.53. The van der Waals surface area contributed by atoms with E-state index < -0.39 is 0 Å². The summed E-state index contributed by atoms with van der Waals surface area (Å²) in [5.74, 6) is 1.78. The van der Waals surface area contributed by atoms with Crippen LogP contribution in [-0.4, -0.2) is 17.0 Å². The fraction of sp³-hybridized carbons (Fsp3) is 0.500. The summed E-state index contributed by atoms with van der Waals surface area (Å²) in [6.07, 6.45) is 2.29. The van der Waals surface area contributed by atoms with E-state index in [1.807, 2.05) is 23.9 Å². The SMILES string of the molecule is CCCSc1cccc(SC(=O)NC2CC2C)c1. The molecule has 2 atom stereocenters. The highest BCUT2D eigenvalue weighted by Crippen LogP contribution is 2.31. The zero-order valence-electron chi connectivity index (χ0n) is 10.8. The summed E-state index contributed by atoms with van der Waals surface area (Å²) in [6, 6.07) is 8.62. The third kappa shape index (κ3) is 4.25. The quantitative estimate of drug-likeness (QED) is 0.811. The van der Waals surface area contributed by atoms with E-state index in [-0.39, 0.29) is 5.24 Å². The van der Waals surface area contributed by atoms with Gasteiger partial charge in [0.25, 0.3) is 5.24 Å². The molecule has 0 bridgehead atoms. The maximum atomic E-state index is 11.8. The minimum absolute atomic E-state index is 0.0713. The Labute approximate surface area is 117 Å². The number of thioether (sulfide) groups is 2. The van der Waals surface area contributed by atoms with Gasteiger partial charge in [-0.2, -0.15) is 0 Å². The van der Waals surface area contributed by atoms with Gasteiger partial charge in [-0.1, -0.05) is 19.9 Å². The molecule has 2 unspecified atom stereocenters. The van der Waals surface area contributed by atoms with Gasteiger partial charge in [-0.25, -0.2) is 0 Å². The minimum atomic E-state index is 0.0713. The summed E-state index contributed by atoms with van der Waals surface area (Å²) < 4.78 is 0. The van der Waals surface area contributed by atoms with Crippen LogP contribution in [0.4, 0.5) is 4.79 Å². The molecule has 1 fully saturated rings. The van der Waals surface area contributed by atoms with Crippen molar-refractivity contribution in [3.63, 3.8) is 0 Å². The van der Waals surface area contributed by atoms with Gasteiger partial charge in [0.1, 0.15) is 0 Å². The Morgan fingerprint density at radius 3 is 2.83 bits per heavy atom. The lowest BCUT2D eigenvalue weighted by Crippen LogP contribution is -2.21. The van der Waals surface area contributed by atoms with Crippen LogP contribution in [0.15, 0.2) is 34.1 Å². The molecule has 0 spiro atoms. The van der Waals surface area contributed by atoms with E-state index in [0.29, 0.717) is 12.0 Å². The molecule has 0 saturated heterocycles. The molecule has 98 valence electrons. The largest absolute Gasteiger partial charge is 0.344 e. The lowest BCUT2D eigenvalue weighted by molar-refractivity contribution is 0.260. The lowest BCUT2D eigenvalue weighted by atomic mass is 10.4. The van der Waals surface area contributed by atoms with Crippen LogP contribution in [0.1, 0.15) is 26.7 Å². The number of benzene rings is 1. The van der Waals surface area contributed by atoms with Crippen molar-refractivity contribution in [3.05, 3.63) is 24.3 Å². The van der Waals surface area contributed by atoms with Crippen molar-refractivity contribution < 1.29 is 4.79 Å². The number of carbonyl (C=O) groups is 1. The van der Waals surface area contributed by atoms with Crippen molar-refractivity contribution in [1.29, 1.82) is 0 Å². The van der Waals surface area contributed by atoms with Gasteiger partial charge in [0.15, 0.2) is 0 Å². The summed E-state index contributed by atoms with van der Waals surface area (Å²) in [6.45, 7) is 4.34. The molecule has 1 aliphatic rings. The Bertz CT molecular complexity index is 422. The van der Waals surface area contributed by atoms with Crippen molar-refractivity contribution in [2.45, 2.75) is 42.5 Å². The van der Waals surface area contributed by atoms with Crippen molar-refractivity contribution in [2.75, 3.05) is 5.75 Å². The van der Waals surface area contributed by atoms with Gasteiger partial charge < -0.3 is 5.32 Å². The van der Waals surface area contributed by atoms with E-state index in [0.717, 1.165) is 17.1 Å². The smallest absolute Gasteiger partial charge is 0.284 e. The van der Waals surface area contributed by atoms with E-state index in [1.165, 1.54) is 23.1 Å². The molecule has 1 amide bonds. The number of hydrogen-bond donors (Lipinski definition) is 1. The highest BCUT2D eigenvalue weighted by Gasteiger charge is 2.33. The first-order valence-corrected chi connectivity index (χ1v) is 8.20. The van der Waals surface area contributed by atoms with Gasteiger partial charge in [-0.3, -0.25) is 4.79 Å². The van der Waals surface area contributed by atoms with Gasteiger partial charge in [0, 0.05) is 15.8 Å². The fourth-order valence-electron chi connectivity index (χ4n) is 1.66. The molecule has 0 aliphatic heterocycles. The van der Waals surface area contributed by atoms with E-state index in [1.54, 1.807) is 0 Å². The van der Waals surface area contributed by atoms with Gasteiger partial charge in [-0.15, -0.1) is 11.8 Å². The van der Waals surface area contributed by atoms with Crippen LogP contribution in [0.2, 0.25) is 0 Å². The minimum Gasteiger partial charge on any atom is -0.344 e. The molecule has 1 N–H and O–H groups in total. The molecule has 1 aromatic rings. The van der Waals surface area contributed by atoms with Crippen LogP contribution in [-0.2, 0) is 0 Å². The van der Waals surface area contributed by atoms with Crippen LogP contribution >= 0.6 is 23.5 Å². The number of rotatable bonds is 5. The van der Waals surface area contributed by atoms with Crippen molar-refractivity contribution in [1.82, 2.24) is 5.32 Å². The van der Waals surface area contributed by atoms with Crippen LogP contribution < -0.4 is 5.32 Å². The van der Waals surface area contributed by atoms with Gasteiger partial charge in [-0.05, 0) is 54.5 Å². The number of hydrogen-bond acceptors (Lipinski definition) is 3. The molecule has 18 heavy (non-hydrogen) atoms. The average Bonchev–Trinajstić information content (AvgIpc) is 3.02. The van der Waals surface area contributed by atoms with Crippen molar-refractivity contribution in [3.8, 4) is 0 Å². The first kappa shape index (κ1) is 13.8. The third-order valence-electron chi connectivity index (χ3n) is 2.90. The number of carbonyl (C=O) groups excluding carboxylic acids is 1. The first-order valence-electron chi connectivity index (χ1n) is 6.40. The molecule has 1 saturated carbocycles. The van der Waals surface area contributed by atoms with E-state index in [9.17, 15) is 4.79 Å². The van der Waals surface area contributed by atoms with Gasteiger partial charge >= 0.3 is 0 Å². The predicted octanol–water partition coefficient (Wildman–Crippen LogP) is 4.40. The van der Waals surface area contributed by atoms with Crippen molar-refractivity contribution in [2.24, 2.45) is 5.92 Å². The Balaban J connectivity index is 1.85. The standard InChI is InChI=1S/C14H19NOS2/c1-3-7-17-11-5-4-6-12(9-11)18-14(16)15-13-8-10(13)2/h4-6,9-10,13H,3,7-8H2,1-2H3,(H,15,16). The normalized spacial score (nSPS) is 21.7. The van der Waals surface area contributed by atoms with Crippen LogP contribution in [0.3, 0.4) is 0 Å². The van der Waals surface area contributed by atoms with Crippen LogP contribution in [0.25, 0.3) is 0 Å². The summed E-state index contributed by atoms with van der Waals surface area (Å²) in [4.78, 5) is 14.1. The first-order chi connectivity index (χ1) is 8.69.